The Morgan fingerprint density at radius 3 is 2.77 bits per heavy atom. The molecule has 1 rings (SSSR count). The lowest BCUT2D eigenvalue weighted by molar-refractivity contribution is -0.116. The van der Waals surface area contributed by atoms with Gasteiger partial charge in [-0.05, 0) is 19.1 Å². The second kappa shape index (κ2) is 4.20. The van der Waals surface area contributed by atoms with Gasteiger partial charge in [-0.2, -0.15) is 0 Å². The van der Waals surface area contributed by atoms with Gasteiger partial charge in [-0.15, -0.1) is 0 Å². The maximum atomic E-state index is 13.3. The van der Waals surface area contributed by atoms with Crippen molar-refractivity contribution < 1.29 is 9.18 Å². The minimum absolute atomic E-state index is 0.0412. The van der Waals surface area contributed by atoms with E-state index in [9.17, 15) is 9.18 Å². The number of ketones is 1. The summed E-state index contributed by atoms with van der Waals surface area (Å²) in [6.45, 7) is 1.41. The van der Waals surface area contributed by atoms with Gasteiger partial charge in [0.1, 0.15) is 11.6 Å². The number of Topliss-reactive ketones (excluding diaryl/α,β-unsaturated/α-hetero) is 1. The van der Waals surface area contributed by atoms with Gasteiger partial charge in [0.25, 0.3) is 0 Å². The molecule has 70 valence electrons. The molecule has 0 unspecified atom stereocenters. The predicted octanol–water partition coefficient (Wildman–Crippen LogP) is 3.37. The van der Waals surface area contributed by atoms with E-state index in [-0.39, 0.29) is 17.2 Å². The van der Waals surface area contributed by atoms with Crippen LogP contribution in [0, 0.1) is 5.82 Å². The predicted molar refractivity (Wildman–Crippen MR) is 53.5 cm³/mol. The number of benzene rings is 1. The van der Waals surface area contributed by atoms with E-state index in [1.54, 1.807) is 6.07 Å². The van der Waals surface area contributed by atoms with Crippen molar-refractivity contribution in [1.29, 1.82) is 0 Å². The van der Waals surface area contributed by atoms with Crippen molar-refractivity contribution in [3.8, 4) is 0 Å². The van der Waals surface area contributed by atoms with Crippen LogP contribution in [-0.2, 0) is 11.2 Å². The quantitative estimate of drug-likeness (QED) is 0.749. The van der Waals surface area contributed by atoms with Crippen LogP contribution in [0.1, 0.15) is 12.5 Å². The Morgan fingerprint density at radius 2 is 2.23 bits per heavy atom. The lowest BCUT2D eigenvalue weighted by Crippen LogP contribution is -2.00. The number of hydrogen-bond acceptors (Lipinski definition) is 1. The molecule has 0 fully saturated rings. The number of halogens is 3. The van der Waals surface area contributed by atoms with Gasteiger partial charge in [0.2, 0.25) is 0 Å². The highest BCUT2D eigenvalue weighted by Gasteiger charge is 2.12. The van der Waals surface area contributed by atoms with Crippen molar-refractivity contribution in [2.75, 3.05) is 0 Å². The molecule has 4 heteroatoms. The highest BCUT2D eigenvalue weighted by molar-refractivity contribution is 9.10. The Labute approximate surface area is 89.0 Å². The van der Waals surface area contributed by atoms with Gasteiger partial charge < -0.3 is 0 Å². The van der Waals surface area contributed by atoms with Crippen molar-refractivity contribution >= 4 is 33.3 Å². The molecule has 0 saturated heterocycles. The molecule has 0 N–H and O–H groups in total. The number of carbonyl (C=O) groups is 1. The fourth-order valence-corrected chi connectivity index (χ4v) is 1.60. The molecule has 0 spiro atoms. The number of rotatable bonds is 2. The molecule has 0 aromatic heterocycles. The van der Waals surface area contributed by atoms with E-state index < -0.39 is 5.82 Å². The fourth-order valence-electron chi connectivity index (χ4n) is 0.980. The molecule has 0 aliphatic heterocycles. The van der Waals surface area contributed by atoms with Gasteiger partial charge in [0, 0.05) is 16.5 Å². The van der Waals surface area contributed by atoms with Gasteiger partial charge >= 0.3 is 0 Å². The lowest BCUT2D eigenvalue weighted by Gasteiger charge is -2.04. The summed E-state index contributed by atoms with van der Waals surface area (Å²) >= 11 is 8.72. The zero-order chi connectivity index (χ0) is 10.0. The molecule has 0 saturated carbocycles. The summed E-state index contributed by atoms with van der Waals surface area (Å²) in [6, 6.07) is 3.08. The molecule has 0 atom stereocenters. The molecular formula is C9H7BrClFO. The second-order valence-corrected chi connectivity index (χ2v) is 3.96. The van der Waals surface area contributed by atoms with Crippen molar-refractivity contribution in [3.05, 3.63) is 33.0 Å². The monoisotopic (exact) mass is 264 g/mol. The smallest absolute Gasteiger partial charge is 0.146 e. The maximum Gasteiger partial charge on any atom is 0.146 e. The van der Waals surface area contributed by atoms with Crippen LogP contribution in [0.5, 0.6) is 0 Å². The van der Waals surface area contributed by atoms with Gasteiger partial charge in [-0.1, -0.05) is 27.5 Å². The summed E-state index contributed by atoms with van der Waals surface area (Å²) in [5.74, 6) is -0.617. The highest BCUT2D eigenvalue weighted by atomic mass is 79.9. The molecule has 1 aromatic rings. The second-order valence-electron chi connectivity index (χ2n) is 2.70. The molecule has 0 aliphatic carbocycles. The van der Waals surface area contributed by atoms with Crippen molar-refractivity contribution in [2.45, 2.75) is 13.3 Å². The highest BCUT2D eigenvalue weighted by Crippen LogP contribution is 2.26. The molecule has 0 aliphatic rings. The first-order valence-electron chi connectivity index (χ1n) is 3.64. The van der Waals surface area contributed by atoms with Crippen molar-refractivity contribution in [3.63, 3.8) is 0 Å². The third-order valence-electron chi connectivity index (χ3n) is 1.56. The Kier molecular flexibility index (Phi) is 3.45. The van der Waals surface area contributed by atoms with Crippen LogP contribution in [0.25, 0.3) is 0 Å². The molecule has 0 heterocycles. The molecule has 0 amide bonds. The van der Waals surface area contributed by atoms with Crippen LogP contribution in [0.3, 0.4) is 0 Å². The van der Waals surface area contributed by atoms with Crippen LogP contribution in [0.4, 0.5) is 4.39 Å². The topological polar surface area (TPSA) is 17.1 Å². The molecule has 1 aromatic carbocycles. The summed E-state index contributed by atoms with van der Waals surface area (Å²) in [5, 5.41) is 0.0412. The van der Waals surface area contributed by atoms with E-state index in [1.165, 1.54) is 13.0 Å². The molecule has 1 nitrogen and oxygen atoms in total. The number of carbonyl (C=O) groups excluding carboxylic acids is 1. The first-order valence-corrected chi connectivity index (χ1v) is 4.81. The summed E-state index contributed by atoms with van der Waals surface area (Å²) in [6.07, 6.45) is 0.0625. The van der Waals surface area contributed by atoms with E-state index in [0.717, 1.165) is 0 Å². The molecular weight excluding hydrogens is 258 g/mol. The van der Waals surface area contributed by atoms with E-state index in [4.69, 9.17) is 11.6 Å². The van der Waals surface area contributed by atoms with Crippen LogP contribution < -0.4 is 0 Å². The van der Waals surface area contributed by atoms with Gasteiger partial charge in [0.05, 0.1) is 5.02 Å². The third kappa shape index (κ3) is 2.51. The first kappa shape index (κ1) is 10.7. The molecule has 0 bridgehead atoms. The Balaban J connectivity index is 3.17. The zero-order valence-corrected chi connectivity index (χ0v) is 9.25. The van der Waals surface area contributed by atoms with Crippen LogP contribution in [0.2, 0.25) is 5.02 Å². The van der Waals surface area contributed by atoms with Crippen molar-refractivity contribution in [1.82, 2.24) is 0 Å². The minimum atomic E-state index is -0.522. The minimum Gasteiger partial charge on any atom is -0.300 e. The maximum absolute atomic E-state index is 13.3. The van der Waals surface area contributed by atoms with Crippen molar-refractivity contribution in [2.24, 2.45) is 0 Å². The Morgan fingerprint density at radius 1 is 1.62 bits per heavy atom. The molecule has 0 radical (unpaired) electrons. The summed E-state index contributed by atoms with van der Waals surface area (Å²) in [7, 11) is 0. The average molecular weight is 266 g/mol. The van der Waals surface area contributed by atoms with Gasteiger partial charge in [-0.25, -0.2) is 4.39 Å². The van der Waals surface area contributed by atoms with E-state index in [1.807, 2.05) is 0 Å². The van der Waals surface area contributed by atoms with Gasteiger partial charge in [-0.3, -0.25) is 4.79 Å². The van der Waals surface area contributed by atoms with E-state index in [0.29, 0.717) is 10.0 Å². The Hall–Kier alpha value is -0.410. The van der Waals surface area contributed by atoms with E-state index >= 15 is 0 Å². The SMILES string of the molecule is CC(=O)Cc1c(Br)ccc(Cl)c1F. The fraction of sp³-hybridized carbons (Fsp3) is 0.222. The Bertz CT molecular complexity index is 352. The largest absolute Gasteiger partial charge is 0.300 e. The zero-order valence-electron chi connectivity index (χ0n) is 6.90. The standard InChI is InChI=1S/C9H7BrClFO/c1-5(13)4-6-7(10)2-3-8(11)9(6)12/h2-3H,4H2,1H3. The number of hydrogen-bond donors (Lipinski definition) is 0. The van der Waals surface area contributed by atoms with Crippen LogP contribution in [0.15, 0.2) is 16.6 Å². The normalized spacial score (nSPS) is 10.2. The van der Waals surface area contributed by atoms with Gasteiger partial charge in [0.15, 0.2) is 0 Å². The van der Waals surface area contributed by atoms with Crippen LogP contribution >= 0.6 is 27.5 Å². The summed E-state index contributed by atoms with van der Waals surface area (Å²) in [5.41, 5.74) is 0.319. The van der Waals surface area contributed by atoms with Crippen LogP contribution in [-0.4, -0.2) is 5.78 Å². The summed E-state index contributed by atoms with van der Waals surface area (Å²) in [4.78, 5) is 10.8. The summed E-state index contributed by atoms with van der Waals surface area (Å²) < 4.78 is 13.9. The van der Waals surface area contributed by atoms with E-state index in [2.05, 4.69) is 15.9 Å². The average Bonchev–Trinajstić information content (AvgIpc) is 2.05. The third-order valence-corrected chi connectivity index (χ3v) is 2.60. The first-order chi connectivity index (χ1) is 6.02. The lowest BCUT2D eigenvalue weighted by atomic mass is 10.1. The molecule has 13 heavy (non-hydrogen) atoms.